The van der Waals surface area contributed by atoms with Crippen LogP contribution in [0.5, 0.6) is 0 Å². The Labute approximate surface area is 118 Å². The molecule has 0 fully saturated rings. The van der Waals surface area contributed by atoms with Crippen LogP contribution in [-0.4, -0.2) is 13.7 Å². The van der Waals surface area contributed by atoms with Crippen LogP contribution in [0.2, 0.25) is 0 Å². The monoisotopic (exact) mass is 277 g/mol. The molecule has 0 bridgehead atoms. The zero-order valence-electron chi connectivity index (χ0n) is 8.35. The molecule has 0 N–H and O–H groups in total. The molecule has 1 atom stereocenters. The molecular formula is C7H3F3NNaO4S. The normalized spacial score (nSPS) is 12.7. The van der Waals surface area contributed by atoms with Gasteiger partial charge < -0.3 is 4.55 Å². The largest absolute Gasteiger partial charge is 1.00 e. The number of nitro benzene ring substituents is 1. The Kier molecular flexibility index (Phi) is 5.75. The van der Waals surface area contributed by atoms with Gasteiger partial charge in [-0.25, -0.2) is 0 Å². The number of nitro groups is 1. The number of alkyl halides is 3. The van der Waals surface area contributed by atoms with Crippen molar-refractivity contribution >= 4 is 16.8 Å². The molecule has 0 aliphatic carbocycles. The van der Waals surface area contributed by atoms with E-state index in [2.05, 4.69) is 0 Å². The van der Waals surface area contributed by atoms with Gasteiger partial charge in [-0.05, 0) is 23.2 Å². The van der Waals surface area contributed by atoms with E-state index in [1.165, 1.54) is 0 Å². The van der Waals surface area contributed by atoms with Crippen molar-refractivity contribution in [2.75, 3.05) is 0 Å². The number of rotatable bonds is 2. The molecule has 0 radical (unpaired) electrons. The standard InChI is InChI=1S/C7H4F3NO4S.Na/c8-7(9,10)4-1-2-6(16(14)15)5(3-4)11(12)13;/h1-3H,(H,14,15);/q;+1/p-1. The van der Waals surface area contributed by atoms with Crippen molar-refractivity contribution in [3.63, 3.8) is 0 Å². The van der Waals surface area contributed by atoms with E-state index < -0.39 is 38.3 Å². The Bertz CT molecular complexity index is 465. The van der Waals surface area contributed by atoms with Gasteiger partial charge in [-0.2, -0.15) is 13.2 Å². The molecule has 0 aliphatic rings. The molecule has 0 amide bonds. The number of benzene rings is 1. The maximum absolute atomic E-state index is 12.2. The number of hydrogen-bond donors (Lipinski definition) is 0. The zero-order valence-corrected chi connectivity index (χ0v) is 11.2. The van der Waals surface area contributed by atoms with Crippen LogP contribution in [0.25, 0.3) is 0 Å². The molecule has 1 unspecified atom stereocenters. The summed E-state index contributed by atoms with van der Waals surface area (Å²) in [5.74, 6) is 0. The van der Waals surface area contributed by atoms with Gasteiger partial charge in [0.1, 0.15) is 4.90 Å². The van der Waals surface area contributed by atoms with Crippen molar-refractivity contribution in [1.29, 1.82) is 0 Å². The Morgan fingerprint density at radius 2 is 1.82 bits per heavy atom. The van der Waals surface area contributed by atoms with Crippen LogP contribution in [0, 0.1) is 10.1 Å². The van der Waals surface area contributed by atoms with E-state index in [9.17, 15) is 32.0 Å². The molecule has 17 heavy (non-hydrogen) atoms. The summed E-state index contributed by atoms with van der Waals surface area (Å²) in [6.45, 7) is 0. The fraction of sp³-hybridized carbons (Fsp3) is 0.143. The summed E-state index contributed by atoms with van der Waals surface area (Å²) in [6.07, 6.45) is -4.76. The molecule has 0 saturated heterocycles. The van der Waals surface area contributed by atoms with Crippen molar-refractivity contribution in [2.45, 2.75) is 11.1 Å². The van der Waals surface area contributed by atoms with Gasteiger partial charge in [-0.15, -0.1) is 0 Å². The van der Waals surface area contributed by atoms with Crippen molar-refractivity contribution < 1.29 is 56.4 Å². The summed E-state index contributed by atoms with van der Waals surface area (Å²) in [4.78, 5) is 8.41. The van der Waals surface area contributed by atoms with Crippen LogP contribution in [0.15, 0.2) is 23.1 Å². The van der Waals surface area contributed by atoms with Crippen LogP contribution >= 0.6 is 0 Å². The van der Waals surface area contributed by atoms with Crippen molar-refractivity contribution in [3.05, 3.63) is 33.9 Å². The third-order valence-corrected chi connectivity index (χ3v) is 2.37. The van der Waals surface area contributed by atoms with E-state index in [0.717, 1.165) is 0 Å². The molecule has 0 aromatic heterocycles. The average molecular weight is 277 g/mol. The van der Waals surface area contributed by atoms with E-state index >= 15 is 0 Å². The first kappa shape index (κ1) is 16.5. The SMILES string of the molecule is O=[N+]([O-])c1cc(C(F)(F)F)ccc1S(=O)[O-].[Na+]. The van der Waals surface area contributed by atoms with Crippen LogP contribution in [0.4, 0.5) is 18.9 Å². The minimum atomic E-state index is -4.76. The zero-order chi connectivity index (χ0) is 12.5. The molecule has 5 nitrogen and oxygen atoms in total. The van der Waals surface area contributed by atoms with Gasteiger partial charge in [0.15, 0.2) is 0 Å². The Morgan fingerprint density at radius 3 is 2.18 bits per heavy atom. The third kappa shape index (κ3) is 4.03. The van der Waals surface area contributed by atoms with E-state index in [4.69, 9.17) is 0 Å². The predicted molar refractivity (Wildman–Crippen MR) is 45.3 cm³/mol. The van der Waals surface area contributed by atoms with Gasteiger partial charge in [0, 0.05) is 6.07 Å². The Hall–Kier alpha value is -0.480. The predicted octanol–water partition coefficient (Wildman–Crippen LogP) is -1.14. The maximum atomic E-state index is 12.2. The fourth-order valence-corrected chi connectivity index (χ4v) is 1.46. The summed E-state index contributed by atoms with van der Waals surface area (Å²) in [5.41, 5.74) is -2.36. The second kappa shape index (κ2) is 5.91. The maximum Gasteiger partial charge on any atom is 1.00 e. The third-order valence-electron chi connectivity index (χ3n) is 1.66. The Balaban J connectivity index is 0.00000256. The van der Waals surface area contributed by atoms with E-state index in [1.54, 1.807) is 0 Å². The molecule has 1 aromatic rings. The van der Waals surface area contributed by atoms with Crippen molar-refractivity contribution in [2.24, 2.45) is 0 Å². The van der Waals surface area contributed by atoms with Crippen LogP contribution in [0.3, 0.4) is 0 Å². The summed E-state index contributed by atoms with van der Waals surface area (Å²) in [7, 11) is 0. The van der Waals surface area contributed by atoms with Crippen LogP contribution in [0.1, 0.15) is 5.56 Å². The summed E-state index contributed by atoms with van der Waals surface area (Å²) in [6, 6.07) is 1.20. The minimum absolute atomic E-state index is 0. The molecule has 0 heterocycles. The minimum Gasteiger partial charge on any atom is -0.768 e. The fourth-order valence-electron chi connectivity index (χ4n) is 0.977. The van der Waals surface area contributed by atoms with Gasteiger partial charge in [-0.3, -0.25) is 14.3 Å². The molecular weight excluding hydrogens is 274 g/mol. The van der Waals surface area contributed by atoms with Gasteiger partial charge in [0.2, 0.25) is 0 Å². The van der Waals surface area contributed by atoms with Gasteiger partial charge in [0.05, 0.1) is 10.5 Å². The summed E-state index contributed by atoms with van der Waals surface area (Å²) < 4.78 is 57.6. The van der Waals surface area contributed by atoms with E-state index in [0.29, 0.717) is 12.1 Å². The van der Waals surface area contributed by atoms with Crippen molar-refractivity contribution in [3.8, 4) is 0 Å². The number of nitrogens with zero attached hydrogens (tertiary/aromatic N) is 1. The molecule has 10 heteroatoms. The molecule has 0 spiro atoms. The molecule has 88 valence electrons. The summed E-state index contributed by atoms with van der Waals surface area (Å²) in [5, 5.41) is 10.4. The second-order valence-electron chi connectivity index (χ2n) is 2.67. The first-order chi connectivity index (χ1) is 7.23. The van der Waals surface area contributed by atoms with Crippen LogP contribution < -0.4 is 29.6 Å². The number of hydrogen-bond acceptors (Lipinski definition) is 4. The molecule has 1 rings (SSSR count). The van der Waals surface area contributed by atoms with Crippen molar-refractivity contribution in [1.82, 2.24) is 0 Å². The quantitative estimate of drug-likeness (QED) is 0.296. The first-order valence-corrected chi connectivity index (χ1v) is 4.76. The molecule has 0 saturated carbocycles. The topological polar surface area (TPSA) is 83.3 Å². The molecule has 1 aromatic carbocycles. The van der Waals surface area contributed by atoms with Crippen LogP contribution in [-0.2, 0) is 17.3 Å². The van der Waals surface area contributed by atoms with Gasteiger partial charge >= 0.3 is 35.7 Å². The summed E-state index contributed by atoms with van der Waals surface area (Å²) >= 11 is -2.96. The first-order valence-electron chi connectivity index (χ1n) is 3.68. The van der Waals surface area contributed by atoms with E-state index in [-0.39, 0.29) is 35.6 Å². The van der Waals surface area contributed by atoms with E-state index in [1.807, 2.05) is 0 Å². The molecule has 0 aliphatic heterocycles. The second-order valence-corrected chi connectivity index (χ2v) is 3.58. The average Bonchev–Trinajstić information content (AvgIpc) is 2.15. The Morgan fingerprint density at radius 1 is 1.29 bits per heavy atom. The van der Waals surface area contributed by atoms with Gasteiger partial charge in [0.25, 0.3) is 5.69 Å². The van der Waals surface area contributed by atoms with Gasteiger partial charge in [-0.1, -0.05) is 0 Å². The number of halogens is 3. The smallest absolute Gasteiger partial charge is 0.768 e.